The molecule has 3 rings (SSSR count). The summed E-state index contributed by atoms with van der Waals surface area (Å²) in [5.41, 5.74) is 7.60. The molecule has 0 fully saturated rings. The van der Waals surface area contributed by atoms with E-state index in [9.17, 15) is 4.79 Å². The number of carbonyl (C=O) groups excluding carboxylic acids is 1. The predicted octanol–water partition coefficient (Wildman–Crippen LogP) is 1.67. The van der Waals surface area contributed by atoms with E-state index in [0.717, 1.165) is 21.8 Å². The van der Waals surface area contributed by atoms with Crippen LogP contribution in [0, 0.1) is 12.1 Å². The van der Waals surface area contributed by atoms with Crippen molar-refractivity contribution in [1.29, 1.82) is 0 Å². The molecule has 3 N–H and O–H groups in total. The summed E-state index contributed by atoms with van der Waals surface area (Å²) >= 11 is 0. The average Bonchev–Trinajstić information content (AvgIpc) is 2.50. The first-order valence-electron chi connectivity index (χ1n) is 6.39. The number of amides is 1. The Morgan fingerprint density at radius 1 is 1.09 bits per heavy atom. The number of nitrogens with zero attached hydrogens (tertiary/aromatic N) is 1. The fourth-order valence-corrected chi connectivity index (χ4v) is 2.23. The summed E-state index contributed by atoms with van der Waals surface area (Å²) in [6.07, 6.45) is 0. The van der Waals surface area contributed by atoms with E-state index in [0.29, 0.717) is 18.7 Å². The molecule has 0 bridgehead atoms. The quantitative estimate of drug-likeness (QED) is 0.481. The average molecular weight is 441 g/mol. The van der Waals surface area contributed by atoms with Gasteiger partial charge in [-0.2, -0.15) is 36.4 Å². The summed E-state index contributed by atoms with van der Waals surface area (Å²) in [7, 11) is 0. The Kier molecular flexibility index (Phi) is 8.23. The maximum atomic E-state index is 12.4. The van der Waals surface area contributed by atoms with E-state index in [1.807, 2.05) is 12.1 Å². The molecule has 0 saturated carbocycles. The van der Waals surface area contributed by atoms with E-state index in [4.69, 9.17) is 5.73 Å². The van der Waals surface area contributed by atoms with E-state index in [1.54, 1.807) is 24.3 Å². The van der Waals surface area contributed by atoms with Crippen molar-refractivity contribution < 1.29 is 70.2 Å². The topological polar surface area (TPSA) is 68.0 Å². The summed E-state index contributed by atoms with van der Waals surface area (Å²) in [5.74, 6) is -0.146. The van der Waals surface area contributed by atoms with Gasteiger partial charge < -0.3 is 16.0 Å². The van der Waals surface area contributed by atoms with Crippen molar-refractivity contribution in [3.05, 3.63) is 54.1 Å². The van der Waals surface area contributed by atoms with Gasteiger partial charge in [-0.1, -0.05) is 5.56 Å². The molecule has 0 saturated heterocycles. The molecular weight excluding hydrogens is 428 g/mol. The molecule has 1 aromatic heterocycles. The molecule has 3 aromatic rings. The third kappa shape index (κ3) is 3.98. The number of nitrogens with two attached hydrogens (primary N) is 1. The Balaban J connectivity index is 0.00000121. The second-order valence-corrected chi connectivity index (χ2v) is 4.42. The Morgan fingerprint density at radius 3 is 2.14 bits per heavy atom. The maximum Gasteiger partial charge on any atom is 0.228 e. The van der Waals surface area contributed by atoms with Crippen molar-refractivity contribution in [2.75, 3.05) is 13.1 Å². The van der Waals surface area contributed by atoms with Crippen LogP contribution in [-0.2, 0) is 65.4 Å². The van der Waals surface area contributed by atoms with Gasteiger partial charge in [0.1, 0.15) is 0 Å². The first-order chi connectivity index (χ1) is 9.81. The fraction of sp³-hybridized carbons (Fsp3) is 0.125. The Bertz CT molecular complexity index is 739. The molecule has 22 heavy (non-hydrogen) atoms. The molecule has 106 valence electrons. The van der Waals surface area contributed by atoms with Crippen LogP contribution in [-0.4, -0.2) is 24.0 Å². The minimum atomic E-state index is -0.146. The van der Waals surface area contributed by atoms with Crippen molar-refractivity contribution in [3.63, 3.8) is 0 Å². The molecule has 6 heteroatoms. The largest absolute Gasteiger partial charge is 0.353 e. The Labute approximate surface area is 179 Å². The summed E-state index contributed by atoms with van der Waals surface area (Å²) in [5, 5.41) is 4.39. The van der Waals surface area contributed by atoms with Crippen LogP contribution in [0.4, 0.5) is 0 Å². The minimum absolute atomic E-state index is 0. The van der Waals surface area contributed by atoms with E-state index >= 15 is 0 Å². The molecule has 0 atom stereocenters. The second kappa shape index (κ2) is 9.14. The van der Waals surface area contributed by atoms with Gasteiger partial charge in [-0.3, -0.25) is 4.79 Å². The molecule has 0 aliphatic heterocycles. The summed E-state index contributed by atoms with van der Waals surface area (Å²) < 4.78 is 0. The molecule has 4 nitrogen and oxygen atoms in total. The van der Waals surface area contributed by atoms with Crippen molar-refractivity contribution in [3.8, 4) is 0 Å². The predicted molar refractivity (Wildman–Crippen MR) is 78.3 cm³/mol. The van der Waals surface area contributed by atoms with Crippen molar-refractivity contribution in [1.82, 2.24) is 10.3 Å². The number of nitrogens with one attached hydrogen (secondary N) is 1. The third-order valence-electron chi connectivity index (χ3n) is 3.12. The first kappa shape index (κ1) is 19.8. The van der Waals surface area contributed by atoms with E-state index in [1.165, 1.54) is 0 Å². The van der Waals surface area contributed by atoms with Gasteiger partial charge in [0.25, 0.3) is 0 Å². The molecule has 0 unspecified atom stereocenters. The van der Waals surface area contributed by atoms with Crippen LogP contribution in [0.1, 0.15) is 10.4 Å². The number of aromatic nitrogens is 1. The number of rotatable bonds is 3. The first-order valence-corrected chi connectivity index (χ1v) is 6.39. The van der Waals surface area contributed by atoms with Gasteiger partial charge in [0, 0.05) is 78.5 Å². The molecule has 2 aromatic carbocycles. The Morgan fingerprint density at radius 2 is 1.64 bits per heavy atom. The number of pyridine rings is 1. The van der Waals surface area contributed by atoms with E-state index in [-0.39, 0.29) is 71.3 Å². The third-order valence-corrected chi connectivity index (χ3v) is 3.12. The molecule has 2 radical (unpaired) electrons. The number of fused-ring (bicyclic) bond motifs is 2. The smallest absolute Gasteiger partial charge is 0.228 e. The van der Waals surface area contributed by atoms with Crippen LogP contribution in [0.25, 0.3) is 21.8 Å². The summed E-state index contributed by atoms with van der Waals surface area (Å²) in [6.45, 7) is 0.849. The Hall–Kier alpha value is -0.252. The molecule has 0 spiro atoms. The van der Waals surface area contributed by atoms with Crippen LogP contribution < -0.4 is 11.1 Å². The summed E-state index contributed by atoms with van der Waals surface area (Å²) in [4.78, 5) is 17.0. The van der Waals surface area contributed by atoms with Crippen LogP contribution in [0.5, 0.6) is 0 Å². The van der Waals surface area contributed by atoms with Crippen molar-refractivity contribution >= 4 is 27.7 Å². The number of hydrogen-bond donors (Lipinski definition) is 2. The van der Waals surface area contributed by atoms with Gasteiger partial charge >= 0.3 is 0 Å². The molecule has 0 aliphatic rings. The van der Waals surface area contributed by atoms with Gasteiger partial charge in [0.15, 0.2) is 0 Å². The zero-order valence-corrected chi connectivity index (χ0v) is 17.6. The molecule has 0 aliphatic carbocycles. The molecule has 1 amide bonds. The van der Waals surface area contributed by atoms with Crippen molar-refractivity contribution in [2.45, 2.75) is 0 Å². The van der Waals surface area contributed by atoms with Gasteiger partial charge in [-0.15, -0.1) is 22.9 Å². The number of hydrogen-bond acceptors (Lipinski definition) is 3. The fourth-order valence-electron chi connectivity index (χ4n) is 2.23. The SMILES string of the molecule is NCCNC(=O)c1c2c[c-]ccc2nc2cc[c-]cc12.[Y].[Y]. The van der Waals surface area contributed by atoms with Crippen LogP contribution >= 0.6 is 0 Å². The van der Waals surface area contributed by atoms with Gasteiger partial charge in [0.05, 0.1) is 0 Å². The van der Waals surface area contributed by atoms with Gasteiger partial charge in [0.2, 0.25) is 5.91 Å². The van der Waals surface area contributed by atoms with Crippen LogP contribution in [0.2, 0.25) is 0 Å². The van der Waals surface area contributed by atoms with Crippen LogP contribution in [0.3, 0.4) is 0 Å². The van der Waals surface area contributed by atoms with Gasteiger partial charge in [-0.05, 0) is 11.0 Å². The van der Waals surface area contributed by atoms with Crippen LogP contribution in [0.15, 0.2) is 36.4 Å². The molecule has 1 heterocycles. The number of benzene rings is 2. The molecular formula is C16H13N3OY2-2. The zero-order valence-electron chi connectivity index (χ0n) is 12.0. The minimum Gasteiger partial charge on any atom is -0.353 e. The zero-order chi connectivity index (χ0) is 13.9. The maximum absolute atomic E-state index is 12.4. The number of carbonyl (C=O) groups is 1. The second-order valence-electron chi connectivity index (χ2n) is 4.42. The monoisotopic (exact) mass is 441 g/mol. The van der Waals surface area contributed by atoms with Crippen molar-refractivity contribution in [2.24, 2.45) is 5.73 Å². The normalized spacial score (nSPS) is 9.86. The van der Waals surface area contributed by atoms with E-state index in [2.05, 4.69) is 22.4 Å². The summed E-state index contributed by atoms with van der Waals surface area (Å²) in [6, 6.07) is 16.8. The standard InChI is InChI=1S/C16H13N3O.2Y/c17-9-10-18-16(20)15-11-5-1-3-7-13(11)19-14-8-4-2-6-12(14)15;;/h3-8H,9-10,17H2,(H,18,20);;/q-2;;. The van der Waals surface area contributed by atoms with Gasteiger partial charge in [-0.25, -0.2) is 0 Å². The van der Waals surface area contributed by atoms with E-state index < -0.39 is 0 Å².